The first-order chi connectivity index (χ1) is 51.0. The maximum absolute atomic E-state index is 10.0. The van der Waals surface area contributed by atoms with Crippen LogP contribution in [-0.2, 0) is 96.4 Å². The van der Waals surface area contributed by atoms with E-state index in [0.29, 0.717) is 0 Å². The number of fused-ring (bicyclic) bond motifs is 3. The van der Waals surface area contributed by atoms with Gasteiger partial charge in [0.25, 0.3) is 0 Å². The molecule has 0 atom stereocenters. The first-order valence-electron chi connectivity index (χ1n) is 37.3. The molecule has 9 nitrogen and oxygen atoms in total. The van der Waals surface area contributed by atoms with Gasteiger partial charge in [0.1, 0.15) is 0 Å². The van der Waals surface area contributed by atoms with Crippen LogP contribution in [0.15, 0.2) is 169 Å². The average Bonchev–Trinajstić information content (AvgIpc) is 1.69. The van der Waals surface area contributed by atoms with Gasteiger partial charge < -0.3 is 15.3 Å². The molecule has 0 unspecified atom stereocenters. The van der Waals surface area contributed by atoms with E-state index in [1.54, 1.807) is 0 Å². The van der Waals surface area contributed by atoms with Crippen molar-refractivity contribution in [3.63, 3.8) is 0 Å². The minimum Gasteiger partial charge on any atom is -0.512 e. The number of rotatable bonds is 9. The Balaban J connectivity index is 0.000000313. The molecule has 12 rings (SSSR count). The average molecular weight is 2100 g/mol. The van der Waals surface area contributed by atoms with E-state index in [2.05, 4.69) is 304 Å². The first-order valence-corrected chi connectivity index (χ1v) is 39.8. The van der Waals surface area contributed by atoms with Crippen molar-refractivity contribution in [3.8, 4) is 65.1 Å². The van der Waals surface area contributed by atoms with Crippen LogP contribution in [0.25, 0.3) is 95.7 Å². The summed E-state index contributed by atoms with van der Waals surface area (Å²) < 4.78 is 3.68. The van der Waals surface area contributed by atoms with E-state index in [1.165, 1.54) is 166 Å². The maximum atomic E-state index is 10.0. The summed E-state index contributed by atoms with van der Waals surface area (Å²) in [6.45, 7) is 57.3. The van der Waals surface area contributed by atoms with Crippen LogP contribution < -0.4 is 0 Å². The molecule has 603 valence electrons. The summed E-state index contributed by atoms with van der Waals surface area (Å²) >= 11 is 5.47. The largest absolute Gasteiger partial charge is 0.512 e. The number of aliphatic hydroxyl groups is 3. The molecule has 0 saturated heterocycles. The van der Waals surface area contributed by atoms with E-state index in [1.807, 2.05) is 34.0 Å². The molecule has 113 heavy (non-hydrogen) atoms. The van der Waals surface area contributed by atoms with E-state index in [4.69, 9.17) is 30.3 Å². The van der Waals surface area contributed by atoms with Crippen LogP contribution in [0.3, 0.4) is 0 Å². The minimum atomic E-state index is -0.125. The molecule has 0 saturated carbocycles. The smallest absolute Gasteiger partial charge is 0.155 e. The summed E-state index contributed by atoms with van der Waals surface area (Å²) in [6, 6.07) is 59.6. The number of carbonyl (C=O) groups excluding carboxylic acids is 3. The van der Waals surface area contributed by atoms with Gasteiger partial charge >= 0.3 is 0 Å². The number of carbonyl (C=O) groups is 3. The Hall–Kier alpha value is -7.77. The fourth-order valence-corrected chi connectivity index (χ4v) is 16.2. The molecule has 0 bridgehead atoms. The third-order valence-corrected chi connectivity index (χ3v) is 21.2. The molecule has 0 amide bonds. The summed E-state index contributed by atoms with van der Waals surface area (Å²) in [5.74, 6) is -0.187. The number of aryl methyl sites for hydroxylation is 10. The number of nitrogens with zero attached hydrogens (tertiary/aromatic N) is 3. The Morgan fingerprint density at radius 3 is 0.832 bits per heavy atom. The van der Waals surface area contributed by atoms with E-state index in [9.17, 15) is 14.4 Å². The second-order valence-electron chi connectivity index (χ2n) is 33.3. The number of allylic oxidation sites excluding steroid dienone is 6. The van der Waals surface area contributed by atoms with Crippen molar-refractivity contribution in [1.82, 2.24) is 15.0 Å². The van der Waals surface area contributed by atoms with E-state index in [0.717, 1.165) is 67.0 Å². The SMILES string of the molecule is CC(=O)C=C(C)O.CC(=O)C=C(C)O.CC(=O)C=C(C)O.Cc1[c-]c(-c2ccc3sc(-c4c(C)cc(C(C)(C)C)cc4C)cc3n2)cc(C(C)(C)C)c1.Cc1[c-]c(-c2ccc3sc(-c4c(C)cc(C)cc4C)cc3n2)cc(C(C)(C)C)c1.Cc1[c-]c(-c2ccc3sc(-c4cc(C)cc(C)c4)cc3n2)cc(C(C)(C)C)c1.[Ir].[Ir].[Ir]. The molecule has 12 aromatic rings. The summed E-state index contributed by atoms with van der Waals surface area (Å²) in [5, 5.41) is 25.1. The summed E-state index contributed by atoms with van der Waals surface area (Å²) in [5.41, 5.74) is 31.9. The summed E-state index contributed by atoms with van der Waals surface area (Å²) in [4.78, 5) is 49.0. The van der Waals surface area contributed by atoms with Crippen molar-refractivity contribution in [1.29, 1.82) is 0 Å². The van der Waals surface area contributed by atoms with Crippen LogP contribution in [0, 0.1) is 87.4 Å². The van der Waals surface area contributed by atoms with Gasteiger partial charge in [-0.3, -0.25) is 29.3 Å². The van der Waals surface area contributed by atoms with Gasteiger partial charge in [-0.15, -0.1) is 139 Å². The van der Waals surface area contributed by atoms with Crippen molar-refractivity contribution in [2.75, 3.05) is 0 Å². The second-order valence-corrected chi connectivity index (χ2v) is 36.5. The van der Waals surface area contributed by atoms with E-state index < -0.39 is 0 Å². The molecule has 6 heterocycles. The third-order valence-electron chi connectivity index (χ3n) is 17.9. The molecule has 3 radical (unpaired) electrons. The van der Waals surface area contributed by atoms with Crippen LogP contribution in [0.4, 0.5) is 0 Å². The van der Waals surface area contributed by atoms with Crippen molar-refractivity contribution in [3.05, 3.63) is 265 Å². The van der Waals surface area contributed by atoms with Crippen LogP contribution in [0.2, 0.25) is 0 Å². The van der Waals surface area contributed by atoms with Gasteiger partial charge in [-0.25, -0.2) is 0 Å². The quantitative estimate of drug-likeness (QED) is 0.0729. The molecule has 0 fully saturated rings. The van der Waals surface area contributed by atoms with Crippen LogP contribution >= 0.6 is 34.0 Å². The number of pyridine rings is 3. The van der Waals surface area contributed by atoms with Crippen LogP contribution in [0.1, 0.15) is 203 Å². The van der Waals surface area contributed by atoms with Gasteiger partial charge in [0.05, 0.1) is 47.9 Å². The molecular weight excluding hydrogens is 1990 g/mol. The Morgan fingerprint density at radius 2 is 0.575 bits per heavy atom. The fourth-order valence-electron chi connectivity index (χ4n) is 12.8. The molecule has 0 aliphatic carbocycles. The number of aromatic nitrogens is 3. The third kappa shape index (κ3) is 28.6. The predicted molar refractivity (Wildman–Crippen MR) is 471 cm³/mol. The minimum absolute atomic E-state index is 0. The molecular formula is C98H112Ir3N3O6S3-3. The fraction of sp³-hybridized carbons (Fsp3) is 0.327. The van der Waals surface area contributed by atoms with Gasteiger partial charge in [0, 0.05) is 93.2 Å². The van der Waals surface area contributed by atoms with Gasteiger partial charge in [-0.1, -0.05) is 181 Å². The van der Waals surface area contributed by atoms with Crippen molar-refractivity contribution >= 4 is 82.0 Å². The van der Waals surface area contributed by atoms with Gasteiger partial charge in [-0.05, 0) is 210 Å². The molecule has 6 aromatic heterocycles. The number of hydrogen-bond acceptors (Lipinski definition) is 12. The number of thiophene rings is 3. The molecule has 0 spiro atoms. The standard InChI is InChI=1S/C30H34NS.C27H28NS.C26H26NS.3C5H8O2.3Ir/c1-18-12-21(16-22(13-18)29(4,5)6)24-10-11-26-25(31-24)17-27(32-26)28-19(2)14-23(15-20(28)3)30(7,8)9;1-16-10-18(3)26(19(4)11-16)25-15-23-24(29-25)9-8-22(28-23)20-12-17(2)13-21(14-20)27(5,6)7;1-16-9-17(2)12-20(11-16)25-15-23-24(28-25)8-7-22(27-23)19-10-18(3)13-21(14-19)26(4,5)6;3*1-4(6)3-5(2)7;;;/h10-11,13-17H,1-9H3;8-11,13-15H,1-7H3;7-9,11-15H,1-6H3;3*3,6H,1-2H3;;;/q3*-1;;;;;;. The molecule has 15 heteroatoms. The normalized spacial score (nSPS) is 11.7. The zero-order chi connectivity index (χ0) is 82.0. The first kappa shape index (κ1) is 97.6. The molecule has 6 aromatic carbocycles. The predicted octanol–water partition coefficient (Wildman–Crippen LogP) is 27.7. The van der Waals surface area contributed by atoms with Crippen LogP contribution in [0.5, 0.6) is 0 Å². The van der Waals surface area contributed by atoms with Gasteiger partial charge in [0.15, 0.2) is 17.3 Å². The zero-order valence-electron chi connectivity index (χ0n) is 71.1. The Bertz CT molecular complexity index is 5340. The Morgan fingerprint density at radius 1 is 0.327 bits per heavy atom. The van der Waals surface area contributed by atoms with Crippen LogP contribution in [-0.4, -0.2) is 47.6 Å². The van der Waals surface area contributed by atoms with Gasteiger partial charge in [0.2, 0.25) is 0 Å². The number of aliphatic hydroxyl groups excluding tert-OH is 3. The molecule has 0 aliphatic rings. The topological polar surface area (TPSA) is 151 Å². The number of hydrogen-bond donors (Lipinski definition) is 3. The van der Waals surface area contributed by atoms with Gasteiger partial charge in [-0.2, -0.15) is 0 Å². The molecule has 3 N–H and O–H groups in total. The zero-order valence-corrected chi connectivity index (χ0v) is 80.7. The summed E-state index contributed by atoms with van der Waals surface area (Å²) in [7, 11) is 0. The molecule has 0 aliphatic heterocycles. The Kier molecular flexibility index (Phi) is 35.6. The number of benzene rings is 6. The maximum Gasteiger partial charge on any atom is 0.155 e. The second kappa shape index (κ2) is 41.2. The van der Waals surface area contributed by atoms with Crippen molar-refractivity contribution in [2.45, 2.75) is 216 Å². The van der Waals surface area contributed by atoms with E-state index >= 15 is 0 Å². The number of ketones is 3. The monoisotopic (exact) mass is 2100 g/mol. The van der Waals surface area contributed by atoms with Crippen molar-refractivity contribution in [2.24, 2.45) is 0 Å². The van der Waals surface area contributed by atoms with Crippen molar-refractivity contribution < 1.29 is 90.0 Å². The Labute approximate surface area is 726 Å². The van der Waals surface area contributed by atoms with E-state index in [-0.39, 0.29) is 117 Å². The summed E-state index contributed by atoms with van der Waals surface area (Å²) in [6.07, 6.45) is 3.50.